The Balaban J connectivity index is 2.34. The molecule has 1 aliphatic heterocycles. The van der Waals surface area contributed by atoms with Crippen molar-refractivity contribution < 1.29 is 4.79 Å². The van der Waals surface area contributed by atoms with Gasteiger partial charge in [0.2, 0.25) is 5.91 Å². The van der Waals surface area contributed by atoms with Gasteiger partial charge in [-0.1, -0.05) is 23.7 Å². The number of nitrogens with zero attached hydrogens (tertiary/aromatic N) is 1. The molecule has 0 spiro atoms. The van der Waals surface area contributed by atoms with Crippen LogP contribution in [0, 0.1) is 17.2 Å². The highest BCUT2D eigenvalue weighted by molar-refractivity contribution is 7.80. The van der Waals surface area contributed by atoms with Gasteiger partial charge in [-0.3, -0.25) is 4.79 Å². The van der Waals surface area contributed by atoms with Gasteiger partial charge in [0, 0.05) is 5.02 Å². The van der Waals surface area contributed by atoms with Crippen molar-refractivity contribution in [3.8, 4) is 6.07 Å². The molecule has 2 rings (SSSR count). The van der Waals surface area contributed by atoms with Crippen LogP contribution in [0.3, 0.4) is 0 Å². The maximum Gasteiger partial charge on any atom is 0.245 e. The zero-order valence-electron chi connectivity index (χ0n) is 8.61. The summed E-state index contributed by atoms with van der Waals surface area (Å²) in [7, 11) is 0. The molecule has 1 heterocycles. The van der Waals surface area contributed by atoms with E-state index >= 15 is 0 Å². The van der Waals surface area contributed by atoms with Crippen molar-refractivity contribution in [2.24, 2.45) is 5.92 Å². The van der Waals surface area contributed by atoms with Crippen LogP contribution in [0.2, 0.25) is 5.02 Å². The van der Waals surface area contributed by atoms with Crippen LogP contribution in [0.15, 0.2) is 24.3 Å². The summed E-state index contributed by atoms with van der Waals surface area (Å²) in [6.45, 7) is 0. The van der Waals surface area contributed by atoms with Gasteiger partial charge in [0.15, 0.2) is 5.11 Å². The summed E-state index contributed by atoms with van der Waals surface area (Å²) in [5, 5.41) is 15.2. The number of rotatable bonds is 1. The van der Waals surface area contributed by atoms with Crippen LogP contribution in [0.25, 0.3) is 0 Å². The average Bonchev–Trinajstić information content (AvgIpc) is 2.29. The molecule has 6 heteroatoms. The molecule has 2 atom stereocenters. The number of thiocarbonyl (C=S) groups is 1. The van der Waals surface area contributed by atoms with E-state index in [-0.39, 0.29) is 11.0 Å². The second kappa shape index (κ2) is 4.70. The minimum atomic E-state index is -0.803. The molecule has 1 aliphatic rings. The monoisotopic (exact) mass is 265 g/mol. The quantitative estimate of drug-likeness (QED) is 0.756. The largest absolute Gasteiger partial charge is 0.354 e. The first-order valence-corrected chi connectivity index (χ1v) is 5.67. The highest BCUT2D eigenvalue weighted by Crippen LogP contribution is 2.25. The number of nitrogens with one attached hydrogen (secondary N) is 2. The van der Waals surface area contributed by atoms with Crippen molar-refractivity contribution in [2.45, 2.75) is 6.04 Å². The lowest BCUT2D eigenvalue weighted by Crippen LogP contribution is -2.53. The second-order valence-corrected chi connectivity index (χ2v) is 4.44. The van der Waals surface area contributed by atoms with Gasteiger partial charge in [-0.25, -0.2) is 0 Å². The molecule has 0 unspecified atom stereocenters. The Morgan fingerprint density at radius 3 is 2.59 bits per heavy atom. The Kier molecular flexibility index (Phi) is 3.27. The highest BCUT2D eigenvalue weighted by atomic mass is 35.5. The van der Waals surface area contributed by atoms with E-state index in [0.717, 1.165) is 5.56 Å². The average molecular weight is 266 g/mol. The number of carbonyl (C=O) groups is 1. The van der Waals surface area contributed by atoms with Gasteiger partial charge in [-0.05, 0) is 29.9 Å². The van der Waals surface area contributed by atoms with Gasteiger partial charge < -0.3 is 10.6 Å². The molecule has 0 radical (unpaired) electrons. The molecule has 86 valence electrons. The lowest BCUT2D eigenvalue weighted by molar-refractivity contribution is -0.123. The van der Waals surface area contributed by atoms with Gasteiger partial charge in [-0.15, -0.1) is 0 Å². The molecule has 1 saturated heterocycles. The standard InChI is InChI=1S/C11H8ClN3OS/c12-7-3-1-6(2-4-7)9-8(5-13)10(16)15-11(17)14-9/h1-4,8-9H,(H2,14,15,16,17)/t8-,9-/m1/s1. The normalized spacial score (nSPS) is 23.5. The Morgan fingerprint density at radius 2 is 2.00 bits per heavy atom. The summed E-state index contributed by atoms with van der Waals surface area (Å²) >= 11 is 10.7. The van der Waals surface area contributed by atoms with Crippen LogP contribution in [-0.4, -0.2) is 11.0 Å². The molecule has 17 heavy (non-hydrogen) atoms. The molecule has 1 amide bonds. The van der Waals surface area contributed by atoms with Gasteiger partial charge in [0.1, 0.15) is 5.92 Å². The minimum absolute atomic E-state index is 0.237. The third-order valence-electron chi connectivity index (χ3n) is 2.51. The van der Waals surface area contributed by atoms with Crippen molar-refractivity contribution in [1.29, 1.82) is 5.26 Å². The van der Waals surface area contributed by atoms with Crippen LogP contribution in [0.1, 0.15) is 11.6 Å². The molecule has 0 bridgehead atoms. The van der Waals surface area contributed by atoms with Gasteiger partial charge >= 0.3 is 0 Å². The summed E-state index contributed by atoms with van der Waals surface area (Å²) in [6.07, 6.45) is 0. The predicted molar refractivity (Wildman–Crippen MR) is 67.2 cm³/mol. The maximum atomic E-state index is 11.6. The van der Waals surface area contributed by atoms with Gasteiger partial charge in [0.25, 0.3) is 0 Å². The van der Waals surface area contributed by atoms with E-state index in [1.165, 1.54) is 0 Å². The van der Waals surface area contributed by atoms with Crippen LogP contribution in [0.4, 0.5) is 0 Å². The number of carbonyl (C=O) groups excluding carboxylic acids is 1. The topological polar surface area (TPSA) is 64.9 Å². The predicted octanol–water partition coefficient (Wildman–Crippen LogP) is 1.53. The third-order valence-corrected chi connectivity index (χ3v) is 2.98. The summed E-state index contributed by atoms with van der Waals surface area (Å²) in [6, 6.07) is 8.50. The molecule has 2 N–H and O–H groups in total. The van der Waals surface area contributed by atoms with Crippen molar-refractivity contribution in [2.75, 3.05) is 0 Å². The number of halogens is 1. The van der Waals surface area contributed by atoms with Crippen LogP contribution in [0.5, 0.6) is 0 Å². The van der Waals surface area contributed by atoms with Crippen molar-refractivity contribution in [1.82, 2.24) is 10.6 Å². The van der Waals surface area contributed by atoms with E-state index in [1.807, 2.05) is 6.07 Å². The fourth-order valence-corrected chi connectivity index (χ4v) is 2.03. The van der Waals surface area contributed by atoms with E-state index < -0.39 is 12.0 Å². The third kappa shape index (κ3) is 2.38. The highest BCUT2D eigenvalue weighted by Gasteiger charge is 2.34. The van der Waals surface area contributed by atoms with Crippen LogP contribution in [-0.2, 0) is 4.79 Å². The molecule has 1 aromatic carbocycles. The summed E-state index contributed by atoms with van der Waals surface area (Å²) in [5.41, 5.74) is 0.804. The van der Waals surface area contributed by atoms with Crippen LogP contribution >= 0.6 is 23.8 Å². The zero-order chi connectivity index (χ0) is 12.4. The number of hydrogen-bond donors (Lipinski definition) is 2. The Hall–Kier alpha value is -1.64. The number of benzene rings is 1. The maximum absolute atomic E-state index is 11.6. The van der Waals surface area contributed by atoms with Gasteiger partial charge in [-0.2, -0.15) is 5.26 Å². The van der Waals surface area contributed by atoms with Crippen molar-refractivity contribution >= 4 is 34.8 Å². The molecule has 0 aliphatic carbocycles. The summed E-state index contributed by atoms with van der Waals surface area (Å²) < 4.78 is 0. The Labute approximate surface area is 109 Å². The zero-order valence-corrected chi connectivity index (χ0v) is 10.2. The van der Waals surface area contributed by atoms with E-state index in [9.17, 15) is 4.79 Å². The fraction of sp³-hybridized carbons (Fsp3) is 0.182. The number of hydrogen-bond acceptors (Lipinski definition) is 3. The summed E-state index contributed by atoms with van der Waals surface area (Å²) in [4.78, 5) is 11.6. The molecular weight excluding hydrogens is 258 g/mol. The smallest absolute Gasteiger partial charge is 0.245 e. The summed E-state index contributed by atoms with van der Waals surface area (Å²) in [5.74, 6) is -1.18. The first kappa shape index (κ1) is 11.8. The fourth-order valence-electron chi connectivity index (χ4n) is 1.68. The minimum Gasteiger partial charge on any atom is -0.354 e. The molecule has 1 aromatic rings. The lowest BCUT2D eigenvalue weighted by Gasteiger charge is -2.29. The number of nitriles is 1. The first-order chi connectivity index (χ1) is 8.11. The molecule has 1 fully saturated rings. The van der Waals surface area contributed by atoms with E-state index in [4.69, 9.17) is 29.1 Å². The number of amides is 1. The second-order valence-electron chi connectivity index (χ2n) is 3.60. The Morgan fingerprint density at radius 1 is 1.35 bits per heavy atom. The first-order valence-electron chi connectivity index (χ1n) is 4.88. The van der Waals surface area contributed by atoms with E-state index in [2.05, 4.69) is 10.6 Å². The van der Waals surface area contributed by atoms with Crippen molar-refractivity contribution in [3.63, 3.8) is 0 Å². The lowest BCUT2D eigenvalue weighted by atomic mass is 9.92. The van der Waals surface area contributed by atoms with Crippen molar-refractivity contribution in [3.05, 3.63) is 34.9 Å². The molecule has 0 saturated carbocycles. The van der Waals surface area contributed by atoms with Gasteiger partial charge in [0.05, 0.1) is 12.1 Å². The molecule has 0 aromatic heterocycles. The SMILES string of the molecule is N#C[C@H]1C(=O)NC(=S)N[C@@H]1c1ccc(Cl)cc1. The molecular formula is C11H8ClN3OS. The van der Waals surface area contributed by atoms with E-state index in [0.29, 0.717) is 5.02 Å². The Bertz CT molecular complexity index is 508. The van der Waals surface area contributed by atoms with E-state index in [1.54, 1.807) is 24.3 Å². The molecule has 4 nitrogen and oxygen atoms in total. The van der Waals surface area contributed by atoms with Crippen LogP contribution < -0.4 is 10.6 Å².